The monoisotopic (exact) mass is 243 g/mol. The Bertz CT molecular complexity index is 508. The maximum atomic E-state index is 11.4. The summed E-state index contributed by atoms with van der Waals surface area (Å²) in [4.78, 5) is 0. The Kier molecular flexibility index (Phi) is 3.83. The van der Waals surface area contributed by atoms with Gasteiger partial charge in [-0.25, -0.2) is 0 Å². The van der Waals surface area contributed by atoms with Crippen molar-refractivity contribution >= 4 is 17.8 Å². The van der Waals surface area contributed by atoms with E-state index in [9.17, 15) is 5.21 Å². The molecule has 3 heteroatoms. The summed E-state index contributed by atoms with van der Waals surface area (Å²) in [6.45, 7) is 3.72. The molecule has 0 saturated carbocycles. The van der Waals surface area contributed by atoms with Crippen molar-refractivity contribution in [2.45, 2.75) is 10.8 Å². The van der Waals surface area contributed by atoms with Crippen molar-refractivity contribution in [3.05, 3.63) is 71.6 Å². The minimum atomic E-state index is 0.722. The molecule has 1 aromatic heterocycles. The first-order valence-corrected chi connectivity index (χ1v) is 6.30. The number of aromatic nitrogens is 1. The zero-order chi connectivity index (χ0) is 12.1. The van der Waals surface area contributed by atoms with E-state index in [0.717, 1.165) is 21.1 Å². The fourth-order valence-electron chi connectivity index (χ4n) is 1.43. The van der Waals surface area contributed by atoms with Gasteiger partial charge < -0.3 is 5.21 Å². The molecule has 0 aliphatic carbocycles. The highest BCUT2D eigenvalue weighted by atomic mass is 32.2. The molecule has 0 saturated heterocycles. The van der Waals surface area contributed by atoms with Crippen molar-refractivity contribution in [1.82, 2.24) is 0 Å². The molecule has 0 spiro atoms. The predicted molar refractivity (Wildman–Crippen MR) is 71.5 cm³/mol. The number of hydrogen-bond acceptors (Lipinski definition) is 2. The minimum Gasteiger partial charge on any atom is -0.618 e. The van der Waals surface area contributed by atoms with Crippen LogP contribution in [0.15, 0.2) is 60.3 Å². The maximum Gasteiger partial charge on any atom is 0.251 e. The molecule has 2 aromatic rings. The molecular formula is C14H13NOS. The predicted octanol–water partition coefficient (Wildman–Crippen LogP) is 3.26. The summed E-state index contributed by atoms with van der Waals surface area (Å²) >= 11 is 1.54. The largest absolute Gasteiger partial charge is 0.618 e. The molecule has 0 amide bonds. The van der Waals surface area contributed by atoms with E-state index >= 15 is 0 Å². The van der Waals surface area contributed by atoms with Crippen molar-refractivity contribution in [3.63, 3.8) is 0 Å². The van der Waals surface area contributed by atoms with Gasteiger partial charge in [-0.3, -0.25) is 0 Å². The van der Waals surface area contributed by atoms with Crippen LogP contribution in [0.25, 0.3) is 6.08 Å². The van der Waals surface area contributed by atoms with Crippen LogP contribution in [0.5, 0.6) is 0 Å². The minimum absolute atomic E-state index is 0.722. The zero-order valence-corrected chi connectivity index (χ0v) is 10.2. The van der Waals surface area contributed by atoms with Crippen molar-refractivity contribution in [3.8, 4) is 0 Å². The summed E-state index contributed by atoms with van der Waals surface area (Å²) in [5, 5.41) is 12.1. The molecular weight excluding hydrogens is 230 g/mol. The van der Waals surface area contributed by atoms with Gasteiger partial charge >= 0.3 is 0 Å². The van der Waals surface area contributed by atoms with Crippen LogP contribution < -0.4 is 4.73 Å². The van der Waals surface area contributed by atoms with E-state index in [0.29, 0.717) is 0 Å². The fraction of sp³-hybridized carbons (Fsp3) is 0.0714. The summed E-state index contributed by atoms with van der Waals surface area (Å²) in [5.74, 6) is 0.795. The Hall–Kier alpha value is -1.74. The number of rotatable bonds is 4. The molecule has 1 aromatic carbocycles. The highest BCUT2D eigenvalue weighted by Crippen LogP contribution is 2.19. The molecule has 0 atom stereocenters. The van der Waals surface area contributed by atoms with Crippen molar-refractivity contribution in [2.75, 3.05) is 0 Å². The molecule has 0 unspecified atom stereocenters. The lowest BCUT2D eigenvalue weighted by Gasteiger charge is -2.03. The first kappa shape index (κ1) is 11.7. The third kappa shape index (κ3) is 3.11. The van der Waals surface area contributed by atoms with E-state index in [1.54, 1.807) is 6.07 Å². The van der Waals surface area contributed by atoms with E-state index in [1.807, 2.05) is 30.3 Å². The molecule has 0 fully saturated rings. The third-order valence-corrected chi connectivity index (χ3v) is 3.48. The fourth-order valence-corrected chi connectivity index (χ4v) is 2.30. The molecule has 86 valence electrons. The van der Waals surface area contributed by atoms with E-state index in [-0.39, 0.29) is 0 Å². The van der Waals surface area contributed by atoms with Crippen LogP contribution in [-0.2, 0) is 5.75 Å². The normalized spacial score (nSPS) is 10.1. The van der Waals surface area contributed by atoms with Crippen LogP contribution in [0.3, 0.4) is 0 Å². The Morgan fingerprint density at radius 2 is 1.94 bits per heavy atom. The number of nitrogens with zero attached hydrogens (tertiary/aromatic N) is 1. The SMILES string of the molecule is C=Cc1ccc(CSc2cccc[n+]2[O-])cc1. The van der Waals surface area contributed by atoms with E-state index < -0.39 is 0 Å². The molecule has 0 N–H and O–H groups in total. The molecule has 0 aliphatic rings. The Morgan fingerprint density at radius 3 is 2.59 bits per heavy atom. The van der Waals surface area contributed by atoms with Crippen molar-refractivity contribution < 1.29 is 4.73 Å². The lowest BCUT2D eigenvalue weighted by atomic mass is 10.1. The molecule has 1 heterocycles. The summed E-state index contributed by atoms with van der Waals surface area (Å²) < 4.78 is 0.892. The Labute approximate surface area is 105 Å². The van der Waals surface area contributed by atoms with Crippen LogP contribution in [0.1, 0.15) is 11.1 Å². The average Bonchev–Trinajstić information content (AvgIpc) is 2.38. The van der Waals surface area contributed by atoms with Crippen LogP contribution in [0.4, 0.5) is 0 Å². The maximum absolute atomic E-state index is 11.4. The van der Waals surface area contributed by atoms with Crippen LogP contribution in [0.2, 0.25) is 0 Å². The van der Waals surface area contributed by atoms with Crippen LogP contribution >= 0.6 is 11.8 Å². The van der Waals surface area contributed by atoms with Gasteiger partial charge in [0, 0.05) is 17.9 Å². The lowest BCUT2D eigenvalue weighted by molar-refractivity contribution is -0.645. The Morgan fingerprint density at radius 1 is 1.18 bits per heavy atom. The van der Waals surface area contributed by atoms with Gasteiger partial charge in [-0.2, -0.15) is 4.73 Å². The van der Waals surface area contributed by atoms with Gasteiger partial charge in [0.05, 0.1) is 0 Å². The number of benzene rings is 1. The molecule has 17 heavy (non-hydrogen) atoms. The molecule has 0 radical (unpaired) electrons. The third-order valence-electron chi connectivity index (χ3n) is 2.39. The van der Waals surface area contributed by atoms with E-state index in [4.69, 9.17) is 0 Å². The van der Waals surface area contributed by atoms with Gasteiger partial charge in [-0.05, 0) is 17.2 Å². The standard InChI is InChI=1S/C14H13NOS/c1-2-12-6-8-13(9-7-12)11-17-14-5-3-4-10-15(14)16/h2-10H,1,11H2. The van der Waals surface area contributed by atoms with Crippen LogP contribution in [0, 0.1) is 5.21 Å². The molecule has 2 rings (SSSR count). The second-order valence-electron chi connectivity index (χ2n) is 3.60. The van der Waals surface area contributed by atoms with Crippen molar-refractivity contribution in [1.29, 1.82) is 0 Å². The molecule has 0 bridgehead atoms. The molecule has 0 aliphatic heterocycles. The highest BCUT2D eigenvalue weighted by Gasteiger charge is 2.04. The first-order valence-electron chi connectivity index (χ1n) is 5.32. The van der Waals surface area contributed by atoms with Crippen LogP contribution in [-0.4, -0.2) is 0 Å². The van der Waals surface area contributed by atoms with Gasteiger partial charge in [-0.1, -0.05) is 48.7 Å². The number of thioether (sulfide) groups is 1. The average molecular weight is 243 g/mol. The van der Waals surface area contributed by atoms with E-state index in [2.05, 4.69) is 18.7 Å². The smallest absolute Gasteiger partial charge is 0.251 e. The van der Waals surface area contributed by atoms with Gasteiger partial charge in [0.2, 0.25) is 0 Å². The highest BCUT2D eigenvalue weighted by molar-refractivity contribution is 7.98. The van der Waals surface area contributed by atoms with Gasteiger partial charge in [0.1, 0.15) is 0 Å². The van der Waals surface area contributed by atoms with Gasteiger partial charge in [0.25, 0.3) is 5.03 Å². The lowest BCUT2D eigenvalue weighted by Crippen LogP contribution is -2.27. The zero-order valence-electron chi connectivity index (χ0n) is 9.37. The summed E-state index contributed by atoms with van der Waals surface area (Å²) in [5.41, 5.74) is 2.31. The van der Waals surface area contributed by atoms with Gasteiger partial charge in [0.15, 0.2) is 6.20 Å². The summed E-state index contributed by atoms with van der Waals surface area (Å²) in [7, 11) is 0. The second-order valence-corrected chi connectivity index (χ2v) is 4.59. The summed E-state index contributed by atoms with van der Waals surface area (Å²) in [6.07, 6.45) is 3.34. The second kappa shape index (κ2) is 5.55. The quantitative estimate of drug-likeness (QED) is 0.468. The molecule has 2 nitrogen and oxygen atoms in total. The summed E-state index contributed by atoms with van der Waals surface area (Å²) in [6, 6.07) is 13.6. The van der Waals surface area contributed by atoms with E-state index in [1.165, 1.54) is 23.5 Å². The van der Waals surface area contributed by atoms with Crippen molar-refractivity contribution in [2.24, 2.45) is 0 Å². The first-order chi connectivity index (χ1) is 8.29. The number of pyridine rings is 1. The number of hydrogen-bond donors (Lipinski definition) is 0. The Balaban J connectivity index is 2.02. The van der Waals surface area contributed by atoms with Gasteiger partial charge in [-0.15, -0.1) is 0 Å². The topological polar surface area (TPSA) is 26.9 Å².